The molecular weight excluding hydrogens is 466 g/mol. The predicted octanol–water partition coefficient (Wildman–Crippen LogP) is 9.08. The van der Waals surface area contributed by atoms with E-state index in [4.69, 9.17) is 0 Å². The van der Waals surface area contributed by atoms with Crippen LogP contribution in [0, 0.1) is 0 Å². The maximum atomic E-state index is 4.43. The molecule has 1 spiro atoms. The van der Waals surface area contributed by atoms with Gasteiger partial charge in [0.05, 0.1) is 10.1 Å². The fourth-order valence-electron chi connectivity index (χ4n) is 7.89. The maximum absolute atomic E-state index is 4.43. The molecule has 0 radical (unpaired) electrons. The molecule has 2 atom stereocenters. The average molecular weight is 490 g/mol. The lowest BCUT2D eigenvalue weighted by atomic mass is 9.58. The molecule has 1 nitrogen and oxygen atoms in total. The summed E-state index contributed by atoms with van der Waals surface area (Å²) in [6.07, 6.45) is 12.0. The highest BCUT2D eigenvalue weighted by Crippen LogP contribution is 2.66. The number of benzene rings is 4. The van der Waals surface area contributed by atoms with Crippen molar-refractivity contribution < 1.29 is 0 Å². The molecule has 37 heavy (non-hydrogen) atoms. The minimum absolute atomic E-state index is 0.0248. The molecule has 4 aromatic carbocycles. The summed E-state index contributed by atoms with van der Waals surface area (Å²) in [6.45, 7) is 2.46. The lowest BCUT2D eigenvalue weighted by Gasteiger charge is -2.43. The van der Waals surface area contributed by atoms with Gasteiger partial charge in [-0.3, -0.25) is 4.98 Å². The molecule has 3 aliphatic carbocycles. The molecule has 174 valence electrons. The van der Waals surface area contributed by atoms with Crippen LogP contribution in [0.1, 0.15) is 35.6 Å². The Morgan fingerprint density at radius 1 is 0.730 bits per heavy atom. The molecule has 9 rings (SSSR count). The number of rotatable bonds is 0. The third-order valence-electron chi connectivity index (χ3n) is 9.27. The van der Waals surface area contributed by atoms with Gasteiger partial charge in [-0.15, -0.1) is 11.3 Å². The summed E-state index contributed by atoms with van der Waals surface area (Å²) in [5, 5.41) is 5.43. The van der Waals surface area contributed by atoms with Crippen LogP contribution in [0.2, 0.25) is 0 Å². The zero-order valence-electron chi connectivity index (χ0n) is 20.5. The van der Waals surface area contributed by atoms with Gasteiger partial charge in [0.15, 0.2) is 0 Å². The monoisotopic (exact) mass is 489 g/mol. The second-order valence-electron chi connectivity index (χ2n) is 10.9. The summed E-state index contributed by atoms with van der Waals surface area (Å²) in [6, 6.07) is 30.1. The minimum Gasteiger partial charge on any atom is -0.263 e. The topological polar surface area (TPSA) is 12.9 Å². The second kappa shape index (κ2) is 6.65. The van der Waals surface area contributed by atoms with Crippen molar-refractivity contribution in [2.75, 3.05) is 0 Å². The van der Waals surface area contributed by atoms with Crippen molar-refractivity contribution in [2.45, 2.75) is 24.2 Å². The number of nitrogens with zero attached hydrogens (tertiary/aromatic N) is 1. The van der Waals surface area contributed by atoms with E-state index in [1.165, 1.54) is 69.9 Å². The Kier molecular flexibility index (Phi) is 3.61. The molecule has 2 unspecified atom stereocenters. The molecule has 2 heteroatoms. The van der Waals surface area contributed by atoms with Gasteiger partial charge < -0.3 is 0 Å². The van der Waals surface area contributed by atoms with E-state index in [-0.39, 0.29) is 10.8 Å². The molecular formula is C35H23NS. The Labute approximate surface area is 219 Å². The molecule has 2 aromatic heterocycles. The van der Waals surface area contributed by atoms with Crippen molar-refractivity contribution in [1.82, 2.24) is 4.98 Å². The van der Waals surface area contributed by atoms with Crippen LogP contribution in [0.25, 0.3) is 42.1 Å². The van der Waals surface area contributed by atoms with Gasteiger partial charge >= 0.3 is 0 Å². The number of fused-ring (bicyclic) bond motifs is 13. The van der Waals surface area contributed by atoms with E-state index in [9.17, 15) is 0 Å². The molecule has 0 amide bonds. The van der Waals surface area contributed by atoms with E-state index >= 15 is 0 Å². The van der Waals surface area contributed by atoms with Gasteiger partial charge in [0.1, 0.15) is 0 Å². The lowest BCUT2D eigenvalue weighted by molar-refractivity contribution is 0.541. The van der Waals surface area contributed by atoms with E-state index in [0.29, 0.717) is 0 Å². The number of allylic oxidation sites excluding steroid dienone is 4. The van der Waals surface area contributed by atoms with Gasteiger partial charge in [-0.2, -0.15) is 0 Å². The predicted molar refractivity (Wildman–Crippen MR) is 156 cm³/mol. The Bertz CT molecular complexity index is 2040. The zero-order valence-corrected chi connectivity index (χ0v) is 21.3. The number of hydrogen-bond donors (Lipinski definition) is 0. The highest BCUT2D eigenvalue weighted by Gasteiger charge is 2.57. The Balaban J connectivity index is 1.56. The number of pyridine rings is 1. The summed E-state index contributed by atoms with van der Waals surface area (Å²) in [4.78, 5) is 4.43. The van der Waals surface area contributed by atoms with Crippen LogP contribution in [0.3, 0.4) is 0 Å². The van der Waals surface area contributed by atoms with Crippen LogP contribution in [-0.4, -0.2) is 4.98 Å². The first-order valence-corrected chi connectivity index (χ1v) is 13.8. The van der Waals surface area contributed by atoms with Crippen molar-refractivity contribution in [3.63, 3.8) is 0 Å². The molecule has 2 heterocycles. The van der Waals surface area contributed by atoms with Gasteiger partial charge in [-0.05, 0) is 68.3 Å². The van der Waals surface area contributed by atoms with Crippen molar-refractivity contribution >= 4 is 42.3 Å². The van der Waals surface area contributed by atoms with Crippen molar-refractivity contribution in [1.29, 1.82) is 0 Å². The van der Waals surface area contributed by atoms with Crippen LogP contribution in [0.5, 0.6) is 0 Å². The Morgan fingerprint density at radius 3 is 2.46 bits per heavy atom. The molecule has 0 saturated heterocycles. The first kappa shape index (κ1) is 20.1. The van der Waals surface area contributed by atoms with E-state index in [1.54, 1.807) is 0 Å². The molecule has 6 aromatic rings. The third-order valence-corrected chi connectivity index (χ3v) is 10.4. The number of aromatic nitrogens is 1. The van der Waals surface area contributed by atoms with E-state index in [0.717, 1.165) is 6.42 Å². The van der Waals surface area contributed by atoms with Crippen LogP contribution in [-0.2, 0) is 10.8 Å². The Hall–Kier alpha value is -4.01. The average Bonchev–Trinajstić information content (AvgIpc) is 3.43. The normalized spacial score (nSPS) is 22.9. The van der Waals surface area contributed by atoms with E-state index in [2.05, 4.69) is 109 Å². The van der Waals surface area contributed by atoms with E-state index < -0.39 is 0 Å². The smallest absolute Gasteiger partial charge is 0.0688 e. The quantitative estimate of drug-likeness (QED) is 0.207. The lowest BCUT2D eigenvalue weighted by Crippen LogP contribution is -2.36. The van der Waals surface area contributed by atoms with Crippen LogP contribution in [0.15, 0.2) is 115 Å². The summed E-state index contributed by atoms with van der Waals surface area (Å²) in [5.41, 5.74) is 9.64. The van der Waals surface area contributed by atoms with Gasteiger partial charge in [0.2, 0.25) is 0 Å². The molecule has 0 bridgehead atoms. The van der Waals surface area contributed by atoms with Crippen molar-refractivity contribution in [2.24, 2.45) is 0 Å². The van der Waals surface area contributed by atoms with Gasteiger partial charge in [0.25, 0.3) is 0 Å². The standard InChI is InChI=1S/C35H23NS/c1-34-17-7-6-15-31(34)35(27-13-5-4-12-26(27)34)25-11-3-2-9-21(25)24-19-29-33(22-16-18-36-20-30(22)37-29)23-10-8-14-28(35)32(23)24/h2-16,18-20H,17H2,1H3. The molecule has 3 aliphatic rings. The molecule has 0 saturated carbocycles. The van der Waals surface area contributed by atoms with Crippen molar-refractivity contribution in [3.8, 4) is 11.1 Å². The van der Waals surface area contributed by atoms with E-state index in [1.807, 2.05) is 23.7 Å². The SMILES string of the molecule is CC12CC=CC=C1C1(c3ccccc3-c3cc4sc5cnccc5c4c4cccc1c34)c1ccccc12. The van der Waals surface area contributed by atoms with Crippen LogP contribution < -0.4 is 0 Å². The highest BCUT2D eigenvalue weighted by atomic mass is 32.1. The largest absolute Gasteiger partial charge is 0.263 e. The van der Waals surface area contributed by atoms with Crippen LogP contribution in [0.4, 0.5) is 0 Å². The summed E-state index contributed by atoms with van der Waals surface area (Å²) >= 11 is 1.86. The first-order valence-electron chi connectivity index (χ1n) is 13.0. The Morgan fingerprint density at radius 2 is 1.54 bits per heavy atom. The fraction of sp³-hybridized carbons (Fsp3) is 0.114. The molecule has 0 fully saturated rings. The van der Waals surface area contributed by atoms with Gasteiger partial charge in [-0.25, -0.2) is 0 Å². The van der Waals surface area contributed by atoms with Crippen LogP contribution >= 0.6 is 11.3 Å². The number of thiophene rings is 1. The number of hydrogen-bond acceptors (Lipinski definition) is 2. The summed E-state index contributed by atoms with van der Waals surface area (Å²) < 4.78 is 2.59. The first-order chi connectivity index (χ1) is 18.2. The fourth-order valence-corrected chi connectivity index (χ4v) is 9.02. The molecule has 0 aliphatic heterocycles. The summed E-state index contributed by atoms with van der Waals surface area (Å²) in [7, 11) is 0. The third kappa shape index (κ3) is 2.18. The second-order valence-corrected chi connectivity index (χ2v) is 12.0. The van der Waals surface area contributed by atoms with Gasteiger partial charge in [0, 0.05) is 33.3 Å². The van der Waals surface area contributed by atoms with Gasteiger partial charge in [-0.1, -0.05) is 91.9 Å². The molecule has 0 N–H and O–H groups in total. The summed E-state index contributed by atoms with van der Waals surface area (Å²) in [5.74, 6) is 0. The maximum Gasteiger partial charge on any atom is 0.0688 e. The van der Waals surface area contributed by atoms with Crippen molar-refractivity contribution in [3.05, 3.63) is 137 Å². The highest BCUT2D eigenvalue weighted by molar-refractivity contribution is 7.26. The zero-order chi connectivity index (χ0) is 24.4. The minimum atomic E-state index is -0.305.